The molecule has 0 radical (unpaired) electrons. The van der Waals surface area contributed by atoms with Gasteiger partial charge in [-0.15, -0.1) is 0 Å². The number of nitrogens with one attached hydrogen (secondary N) is 1. The summed E-state index contributed by atoms with van der Waals surface area (Å²) >= 11 is 0. The first-order valence-corrected chi connectivity index (χ1v) is 7.54. The summed E-state index contributed by atoms with van der Waals surface area (Å²) in [6.07, 6.45) is 1.30. The normalized spacial score (nSPS) is 10.3. The number of carbonyl (C=O) groups excluding carboxylic acids is 1. The molecule has 0 aliphatic rings. The van der Waals surface area contributed by atoms with Crippen LogP contribution in [-0.4, -0.2) is 30.6 Å². The van der Waals surface area contributed by atoms with Gasteiger partial charge in [0.25, 0.3) is 11.5 Å². The molecule has 0 fully saturated rings. The Labute approximate surface area is 147 Å². The van der Waals surface area contributed by atoms with Gasteiger partial charge in [-0.25, -0.2) is 0 Å². The molecule has 0 aliphatic heterocycles. The Balaban J connectivity index is 2.04. The Morgan fingerprint density at radius 1 is 1.35 bits per heavy atom. The van der Waals surface area contributed by atoms with E-state index in [1.807, 2.05) is 19.1 Å². The van der Waals surface area contributed by atoms with Gasteiger partial charge in [0.2, 0.25) is 0 Å². The van der Waals surface area contributed by atoms with Crippen LogP contribution in [0, 0.1) is 18.3 Å². The molecule has 0 bridgehead atoms. The van der Waals surface area contributed by atoms with Gasteiger partial charge in [0, 0.05) is 13.1 Å². The van der Waals surface area contributed by atoms with Crippen LogP contribution in [-0.2, 0) is 7.05 Å². The molecular formula is C17H14N6O3. The Morgan fingerprint density at radius 3 is 2.81 bits per heavy atom. The zero-order valence-corrected chi connectivity index (χ0v) is 14.0. The fourth-order valence-electron chi connectivity index (χ4n) is 2.39. The smallest absolute Gasteiger partial charge is 0.281 e. The van der Waals surface area contributed by atoms with Crippen molar-refractivity contribution in [3.63, 3.8) is 0 Å². The van der Waals surface area contributed by atoms with Crippen molar-refractivity contribution in [1.82, 2.24) is 19.6 Å². The largest absolute Gasteiger partial charge is 0.505 e. The molecule has 0 atom stereocenters. The molecule has 0 saturated heterocycles. The highest BCUT2D eigenvalue weighted by atomic mass is 16.3. The zero-order valence-electron chi connectivity index (χ0n) is 14.0. The third-order valence-corrected chi connectivity index (χ3v) is 3.66. The van der Waals surface area contributed by atoms with Gasteiger partial charge in [-0.1, -0.05) is 12.1 Å². The Bertz CT molecular complexity index is 1110. The summed E-state index contributed by atoms with van der Waals surface area (Å²) < 4.78 is 2.33. The first-order valence-electron chi connectivity index (χ1n) is 7.54. The van der Waals surface area contributed by atoms with Crippen molar-refractivity contribution in [2.45, 2.75) is 6.92 Å². The van der Waals surface area contributed by atoms with E-state index in [-0.39, 0.29) is 17.1 Å². The third-order valence-electron chi connectivity index (χ3n) is 3.66. The van der Waals surface area contributed by atoms with Crippen LogP contribution in [0.1, 0.15) is 21.6 Å². The molecular weight excluding hydrogens is 336 g/mol. The van der Waals surface area contributed by atoms with Crippen LogP contribution in [0.25, 0.3) is 5.69 Å². The lowest BCUT2D eigenvalue weighted by Gasteiger charge is -2.10. The van der Waals surface area contributed by atoms with Crippen molar-refractivity contribution in [2.75, 3.05) is 5.32 Å². The number of anilines is 1. The number of amides is 1. The van der Waals surface area contributed by atoms with Gasteiger partial charge in [-0.3, -0.25) is 14.3 Å². The van der Waals surface area contributed by atoms with Crippen molar-refractivity contribution >= 4 is 11.7 Å². The maximum absolute atomic E-state index is 12.5. The van der Waals surface area contributed by atoms with Gasteiger partial charge in [0.15, 0.2) is 11.4 Å². The summed E-state index contributed by atoms with van der Waals surface area (Å²) in [6, 6.07) is 9.81. The van der Waals surface area contributed by atoms with Gasteiger partial charge in [0.05, 0.1) is 11.9 Å². The second-order valence-electron chi connectivity index (χ2n) is 5.56. The van der Waals surface area contributed by atoms with E-state index in [1.54, 1.807) is 25.2 Å². The van der Waals surface area contributed by atoms with Crippen LogP contribution in [0.15, 0.2) is 41.3 Å². The van der Waals surface area contributed by atoms with Crippen LogP contribution in [0.5, 0.6) is 5.75 Å². The summed E-state index contributed by atoms with van der Waals surface area (Å²) in [5, 5.41) is 29.4. The number of nitrogens with zero attached hydrogens (tertiary/aromatic N) is 5. The summed E-state index contributed by atoms with van der Waals surface area (Å²) in [5.74, 6) is -1.17. The molecule has 0 aliphatic carbocycles. The summed E-state index contributed by atoms with van der Waals surface area (Å²) in [7, 11) is 1.55. The Hall–Kier alpha value is -3.93. The second-order valence-corrected chi connectivity index (χ2v) is 5.56. The Morgan fingerprint density at radius 2 is 2.12 bits per heavy atom. The summed E-state index contributed by atoms with van der Waals surface area (Å²) in [5.41, 5.74) is 0.595. The lowest BCUT2D eigenvalue weighted by Crippen LogP contribution is -2.26. The maximum atomic E-state index is 12.5. The number of nitriles is 1. The monoisotopic (exact) mass is 350 g/mol. The van der Waals surface area contributed by atoms with E-state index in [1.165, 1.54) is 10.9 Å². The molecule has 0 unspecified atom stereocenters. The second kappa shape index (κ2) is 6.52. The van der Waals surface area contributed by atoms with Crippen molar-refractivity contribution < 1.29 is 9.90 Å². The molecule has 3 aromatic rings. The van der Waals surface area contributed by atoms with E-state index in [0.29, 0.717) is 5.69 Å². The fraction of sp³-hybridized carbons (Fsp3) is 0.118. The lowest BCUT2D eigenvalue weighted by molar-refractivity contribution is 0.101. The third kappa shape index (κ3) is 3.03. The molecule has 3 rings (SSSR count). The first kappa shape index (κ1) is 16.9. The first-order chi connectivity index (χ1) is 12.4. The number of aromatic nitrogens is 4. The topological polar surface area (TPSA) is 126 Å². The molecule has 9 nitrogen and oxygen atoms in total. The molecule has 26 heavy (non-hydrogen) atoms. The number of rotatable bonds is 3. The minimum Gasteiger partial charge on any atom is -0.505 e. The predicted molar refractivity (Wildman–Crippen MR) is 92.1 cm³/mol. The van der Waals surface area contributed by atoms with Gasteiger partial charge in [0.1, 0.15) is 17.5 Å². The molecule has 130 valence electrons. The fourth-order valence-corrected chi connectivity index (χ4v) is 2.39. The molecule has 1 aromatic carbocycles. The predicted octanol–water partition coefficient (Wildman–Crippen LogP) is 1.10. The van der Waals surface area contributed by atoms with Gasteiger partial charge < -0.3 is 10.4 Å². The summed E-state index contributed by atoms with van der Waals surface area (Å²) in [4.78, 5) is 24.7. The number of hydrogen-bond acceptors (Lipinski definition) is 6. The number of carbonyl (C=O) groups is 1. The molecule has 0 spiro atoms. The van der Waals surface area contributed by atoms with E-state index in [4.69, 9.17) is 5.26 Å². The minimum atomic E-state index is -0.774. The maximum Gasteiger partial charge on any atom is 0.281 e. The van der Waals surface area contributed by atoms with E-state index < -0.39 is 17.2 Å². The van der Waals surface area contributed by atoms with Crippen molar-refractivity contribution in [2.24, 2.45) is 7.05 Å². The van der Waals surface area contributed by atoms with Crippen LogP contribution in [0.2, 0.25) is 0 Å². The van der Waals surface area contributed by atoms with Crippen LogP contribution in [0.3, 0.4) is 0 Å². The van der Waals surface area contributed by atoms with Crippen molar-refractivity contribution in [3.05, 3.63) is 63.7 Å². The number of benzene rings is 1. The van der Waals surface area contributed by atoms with Crippen molar-refractivity contribution in [3.8, 4) is 17.5 Å². The molecule has 2 heterocycles. The number of hydrogen-bond donors (Lipinski definition) is 2. The SMILES string of the molecule is Cc1cccc(-n2nc(C(=O)Nc3c(C#N)cnn3C)c(O)cc2=O)c1. The van der Waals surface area contributed by atoms with E-state index in [2.05, 4.69) is 15.5 Å². The quantitative estimate of drug-likeness (QED) is 0.728. The molecule has 2 aromatic heterocycles. The van der Waals surface area contributed by atoms with Gasteiger partial charge in [-0.2, -0.15) is 20.1 Å². The minimum absolute atomic E-state index is 0.159. The molecule has 9 heteroatoms. The molecule has 1 amide bonds. The average Bonchev–Trinajstić information content (AvgIpc) is 2.95. The summed E-state index contributed by atoms with van der Waals surface area (Å²) in [6.45, 7) is 1.86. The zero-order chi connectivity index (χ0) is 18.8. The van der Waals surface area contributed by atoms with Crippen molar-refractivity contribution in [1.29, 1.82) is 5.26 Å². The lowest BCUT2D eigenvalue weighted by atomic mass is 10.2. The van der Waals surface area contributed by atoms with E-state index >= 15 is 0 Å². The van der Waals surface area contributed by atoms with Gasteiger partial charge in [-0.05, 0) is 24.6 Å². The molecule has 2 N–H and O–H groups in total. The average molecular weight is 350 g/mol. The van der Waals surface area contributed by atoms with E-state index in [0.717, 1.165) is 16.3 Å². The highest BCUT2D eigenvalue weighted by Gasteiger charge is 2.20. The highest BCUT2D eigenvalue weighted by molar-refractivity contribution is 6.04. The Kier molecular flexibility index (Phi) is 4.24. The number of aryl methyl sites for hydroxylation is 2. The van der Waals surface area contributed by atoms with Crippen LogP contribution >= 0.6 is 0 Å². The van der Waals surface area contributed by atoms with E-state index in [9.17, 15) is 14.7 Å². The molecule has 0 saturated carbocycles. The van der Waals surface area contributed by atoms with Crippen LogP contribution in [0.4, 0.5) is 5.82 Å². The standard InChI is InChI=1S/C17H14N6O3/c1-10-4-3-5-12(6-10)23-14(25)7-13(24)15(21-23)17(26)20-16-11(8-18)9-19-22(16)2/h3-7,9,24H,1-2H3,(H,20,26). The van der Waals surface area contributed by atoms with Gasteiger partial charge >= 0.3 is 0 Å². The number of aromatic hydroxyl groups is 1. The van der Waals surface area contributed by atoms with Crippen LogP contribution < -0.4 is 10.9 Å². The highest BCUT2D eigenvalue weighted by Crippen LogP contribution is 2.18.